The Bertz CT molecular complexity index is 1110. The first-order chi connectivity index (χ1) is 14.4. The molecule has 1 aromatic heterocycles. The molecule has 0 aliphatic rings. The molecule has 30 heavy (non-hydrogen) atoms. The van der Waals surface area contributed by atoms with E-state index in [0.717, 1.165) is 25.5 Å². The van der Waals surface area contributed by atoms with Gasteiger partial charge in [-0.05, 0) is 42.8 Å². The molecule has 0 aliphatic carbocycles. The molecule has 1 heterocycles. The van der Waals surface area contributed by atoms with Crippen molar-refractivity contribution in [3.8, 4) is 17.2 Å². The average Bonchev–Trinajstić information content (AvgIpc) is 3.19. The summed E-state index contributed by atoms with van der Waals surface area (Å²) in [5.74, 6) is 0.265. The molecule has 0 spiro atoms. The third-order valence-corrected chi connectivity index (χ3v) is 5.45. The summed E-state index contributed by atoms with van der Waals surface area (Å²) in [7, 11) is -3.48. The van der Waals surface area contributed by atoms with Crippen molar-refractivity contribution in [2.45, 2.75) is 31.1 Å². The molecule has 3 aromatic rings. The third-order valence-electron chi connectivity index (χ3n) is 4.30. The fourth-order valence-electron chi connectivity index (χ4n) is 2.76. The van der Waals surface area contributed by atoms with Crippen LogP contribution in [-0.2, 0) is 9.84 Å². The molecule has 0 aliphatic heterocycles. The van der Waals surface area contributed by atoms with Gasteiger partial charge in [-0.25, -0.2) is 8.42 Å². The van der Waals surface area contributed by atoms with Crippen LogP contribution in [0, 0.1) is 0 Å². The second-order valence-electron chi connectivity index (χ2n) is 6.71. The molecule has 3 rings (SSSR count). The van der Waals surface area contributed by atoms with Gasteiger partial charge in [0.15, 0.2) is 9.84 Å². The molecule has 0 fully saturated rings. The lowest BCUT2D eigenvalue weighted by Gasteiger charge is -2.06. The van der Waals surface area contributed by atoms with E-state index < -0.39 is 15.7 Å². The summed E-state index contributed by atoms with van der Waals surface area (Å²) in [6.45, 7) is 2.77. The van der Waals surface area contributed by atoms with Crippen LogP contribution in [0.4, 0.5) is 6.01 Å². The van der Waals surface area contributed by atoms with E-state index in [0.29, 0.717) is 17.9 Å². The highest BCUT2D eigenvalue weighted by Gasteiger charge is 2.19. The molecular formula is C21H23N3O5S. The standard InChI is InChI=1S/C21H23N3O5S/c1-3-4-7-14-28-16-12-10-15(11-13-16)19(25)22-21-24-23-20(29-21)17-8-5-6-9-18(17)30(2,26)27/h5-6,8-13H,3-4,7,14H2,1-2H3,(H,22,24,25). The van der Waals surface area contributed by atoms with Gasteiger partial charge in [-0.3, -0.25) is 10.1 Å². The Kier molecular flexibility index (Phi) is 6.83. The van der Waals surface area contributed by atoms with E-state index >= 15 is 0 Å². The fourth-order valence-corrected chi connectivity index (χ4v) is 3.64. The summed E-state index contributed by atoms with van der Waals surface area (Å²) in [5, 5.41) is 10.2. The summed E-state index contributed by atoms with van der Waals surface area (Å²) in [4.78, 5) is 12.5. The van der Waals surface area contributed by atoms with Gasteiger partial charge >= 0.3 is 6.01 Å². The van der Waals surface area contributed by atoms with Crippen molar-refractivity contribution in [3.63, 3.8) is 0 Å². The van der Waals surface area contributed by atoms with Crippen molar-refractivity contribution in [1.29, 1.82) is 0 Å². The number of aromatic nitrogens is 2. The second-order valence-corrected chi connectivity index (χ2v) is 8.70. The minimum atomic E-state index is -3.48. The number of anilines is 1. The van der Waals surface area contributed by atoms with Crippen LogP contribution in [0.15, 0.2) is 57.8 Å². The first kappa shape index (κ1) is 21.5. The number of carbonyl (C=O) groups is 1. The highest BCUT2D eigenvalue weighted by Crippen LogP contribution is 2.27. The van der Waals surface area contributed by atoms with Crippen molar-refractivity contribution in [2.24, 2.45) is 0 Å². The van der Waals surface area contributed by atoms with Gasteiger partial charge in [0.25, 0.3) is 11.8 Å². The maximum absolute atomic E-state index is 12.4. The molecule has 0 bridgehead atoms. The zero-order valence-corrected chi connectivity index (χ0v) is 17.6. The lowest BCUT2D eigenvalue weighted by molar-refractivity contribution is 0.102. The minimum absolute atomic E-state index is 0.00199. The largest absolute Gasteiger partial charge is 0.494 e. The molecule has 9 heteroatoms. The van der Waals surface area contributed by atoms with Gasteiger partial charge in [-0.1, -0.05) is 37.0 Å². The first-order valence-corrected chi connectivity index (χ1v) is 11.4. The number of hydrogen-bond donors (Lipinski definition) is 1. The number of nitrogens with zero attached hydrogens (tertiary/aromatic N) is 2. The van der Waals surface area contributed by atoms with Gasteiger partial charge < -0.3 is 9.15 Å². The van der Waals surface area contributed by atoms with E-state index in [9.17, 15) is 13.2 Å². The molecule has 0 saturated carbocycles. The molecular weight excluding hydrogens is 406 g/mol. The Hall–Kier alpha value is -3.20. The molecule has 0 unspecified atom stereocenters. The average molecular weight is 429 g/mol. The first-order valence-electron chi connectivity index (χ1n) is 9.55. The van der Waals surface area contributed by atoms with Gasteiger partial charge in [-0.15, -0.1) is 5.10 Å². The van der Waals surface area contributed by atoms with Gasteiger partial charge in [0, 0.05) is 11.8 Å². The van der Waals surface area contributed by atoms with E-state index in [-0.39, 0.29) is 22.4 Å². The van der Waals surface area contributed by atoms with Gasteiger partial charge in [-0.2, -0.15) is 0 Å². The van der Waals surface area contributed by atoms with Crippen LogP contribution in [0.5, 0.6) is 5.75 Å². The van der Waals surface area contributed by atoms with Crippen molar-refractivity contribution in [3.05, 3.63) is 54.1 Å². The zero-order chi connectivity index (χ0) is 21.6. The molecule has 0 radical (unpaired) electrons. The van der Waals surface area contributed by atoms with Crippen molar-refractivity contribution >= 4 is 21.8 Å². The number of sulfone groups is 1. The predicted molar refractivity (Wildman–Crippen MR) is 112 cm³/mol. The van der Waals surface area contributed by atoms with E-state index in [1.54, 1.807) is 42.5 Å². The Morgan fingerprint density at radius 3 is 2.50 bits per heavy atom. The molecule has 0 atom stereocenters. The van der Waals surface area contributed by atoms with E-state index in [4.69, 9.17) is 9.15 Å². The quantitative estimate of drug-likeness (QED) is 0.512. The summed E-state index contributed by atoms with van der Waals surface area (Å²) < 4.78 is 35.0. The van der Waals surface area contributed by atoms with Crippen molar-refractivity contribution in [2.75, 3.05) is 18.2 Å². The normalized spacial score (nSPS) is 11.3. The minimum Gasteiger partial charge on any atom is -0.494 e. The van der Waals surface area contributed by atoms with Gasteiger partial charge in [0.2, 0.25) is 0 Å². The number of amides is 1. The zero-order valence-electron chi connectivity index (χ0n) is 16.8. The van der Waals surface area contributed by atoms with Gasteiger partial charge in [0.05, 0.1) is 17.1 Å². The van der Waals surface area contributed by atoms with Crippen LogP contribution in [0.25, 0.3) is 11.5 Å². The van der Waals surface area contributed by atoms with Crippen LogP contribution >= 0.6 is 0 Å². The molecule has 1 amide bonds. The van der Waals surface area contributed by atoms with Crippen LogP contribution in [0.1, 0.15) is 36.5 Å². The number of rotatable bonds is 9. The monoisotopic (exact) mass is 429 g/mol. The maximum atomic E-state index is 12.4. The number of nitrogens with one attached hydrogen (secondary N) is 1. The lowest BCUT2D eigenvalue weighted by Crippen LogP contribution is -2.12. The molecule has 0 saturated heterocycles. The Balaban J connectivity index is 1.67. The Labute approximate surface area is 175 Å². The van der Waals surface area contributed by atoms with Gasteiger partial charge in [0.1, 0.15) is 5.75 Å². The number of unbranched alkanes of at least 4 members (excludes halogenated alkanes) is 2. The second kappa shape index (κ2) is 9.53. The predicted octanol–water partition coefficient (Wildman–Crippen LogP) is 3.96. The van der Waals surface area contributed by atoms with E-state index in [1.807, 2.05) is 0 Å². The summed E-state index contributed by atoms with van der Waals surface area (Å²) in [6, 6.07) is 12.9. The molecule has 1 N–H and O–H groups in total. The fraction of sp³-hybridized carbons (Fsp3) is 0.286. The maximum Gasteiger partial charge on any atom is 0.322 e. The summed E-state index contributed by atoms with van der Waals surface area (Å²) in [5.41, 5.74) is 0.671. The van der Waals surface area contributed by atoms with E-state index in [2.05, 4.69) is 22.4 Å². The number of hydrogen-bond acceptors (Lipinski definition) is 7. The van der Waals surface area contributed by atoms with Crippen LogP contribution in [0.3, 0.4) is 0 Å². The highest BCUT2D eigenvalue weighted by molar-refractivity contribution is 7.90. The van der Waals surface area contributed by atoms with Crippen molar-refractivity contribution in [1.82, 2.24) is 10.2 Å². The van der Waals surface area contributed by atoms with E-state index in [1.165, 1.54) is 6.07 Å². The smallest absolute Gasteiger partial charge is 0.322 e. The number of benzene rings is 2. The van der Waals surface area contributed by atoms with Crippen LogP contribution < -0.4 is 10.1 Å². The summed E-state index contributed by atoms with van der Waals surface area (Å²) in [6.07, 6.45) is 4.32. The van der Waals surface area contributed by atoms with Crippen LogP contribution in [-0.4, -0.2) is 37.4 Å². The topological polar surface area (TPSA) is 111 Å². The Morgan fingerprint density at radius 2 is 1.80 bits per heavy atom. The molecule has 158 valence electrons. The molecule has 8 nitrogen and oxygen atoms in total. The Morgan fingerprint density at radius 1 is 1.07 bits per heavy atom. The van der Waals surface area contributed by atoms with Crippen LogP contribution in [0.2, 0.25) is 0 Å². The third kappa shape index (κ3) is 5.44. The SMILES string of the molecule is CCCCCOc1ccc(C(=O)Nc2nnc(-c3ccccc3S(C)(=O)=O)o2)cc1. The lowest BCUT2D eigenvalue weighted by atomic mass is 10.2. The number of ether oxygens (including phenoxy) is 1. The highest BCUT2D eigenvalue weighted by atomic mass is 32.2. The molecule has 2 aromatic carbocycles. The van der Waals surface area contributed by atoms with Crippen molar-refractivity contribution < 1.29 is 22.4 Å². The number of carbonyl (C=O) groups excluding carboxylic acids is 1. The summed E-state index contributed by atoms with van der Waals surface area (Å²) >= 11 is 0.